The Hall–Kier alpha value is -4.10. The number of rotatable bonds is 2. The van der Waals surface area contributed by atoms with Crippen molar-refractivity contribution in [3.8, 4) is 28.8 Å². The first kappa shape index (κ1) is 18.0. The van der Waals surface area contributed by atoms with Crippen LogP contribution in [0.5, 0.6) is 5.75 Å². The molecule has 0 bridgehead atoms. The number of hydrogen-bond donors (Lipinski definition) is 0. The van der Waals surface area contributed by atoms with Crippen LogP contribution in [0.25, 0.3) is 33.2 Å². The van der Waals surface area contributed by atoms with Crippen LogP contribution in [0.1, 0.15) is 11.3 Å². The number of nitrogens with zero attached hydrogens (tertiary/aromatic N) is 3. The number of ether oxygens (including phenoxy) is 1. The van der Waals surface area contributed by atoms with Crippen molar-refractivity contribution in [1.82, 2.24) is 14.5 Å². The minimum Gasteiger partial charge on any atom is -0.497 e. The molecular weight excluding hydrogens is 370 g/mol. The van der Waals surface area contributed by atoms with E-state index in [9.17, 15) is 0 Å². The molecule has 0 saturated heterocycles. The zero-order chi connectivity index (χ0) is 20.5. The van der Waals surface area contributed by atoms with Gasteiger partial charge in [-0.2, -0.15) is 0 Å². The highest BCUT2D eigenvalue weighted by Crippen LogP contribution is 2.31. The maximum Gasteiger partial charge on any atom is 0.140 e. The van der Waals surface area contributed by atoms with E-state index in [4.69, 9.17) is 14.7 Å². The van der Waals surface area contributed by atoms with Gasteiger partial charge < -0.3 is 9.30 Å². The van der Waals surface area contributed by atoms with Crippen molar-refractivity contribution in [1.29, 1.82) is 0 Å². The lowest BCUT2D eigenvalue weighted by Gasteiger charge is -2.05. The summed E-state index contributed by atoms with van der Waals surface area (Å²) in [6.07, 6.45) is 2.10. The van der Waals surface area contributed by atoms with Crippen molar-refractivity contribution in [2.45, 2.75) is 0 Å². The van der Waals surface area contributed by atoms with Crippen molar-refractivity contribution in [3.63, 3.8) is 0 Å². The van der Waals surface area contributed by atoms with Gasteiger partial charge in [0.05, 0.1) is 18.1 Å². The molecule has 30 heavy (non-hydrogen) atoms. The van der Waals surface area contributed by atoms with E-state index in [1.165, 1.54) is 0 Å². The van der Waals surface area contributed by atoms with Crippen molar-refractivity contribution in [3.05, 3.63) is 90.3 Å². The van der Waals surface area contributed by atoms with Crippen LogP contribution < -0.4 is 4.74 Å². The summed E-state index contributed by atoms with van der Waals surface area (Å²) in [5.41, 5.74) is 6.24. The largest absolute Gasteiger partial charge is 0.497 e. The molecule has 4 heteroatoms. The molecule has 0 unspecified atom stereocenters. The van der Waals surface area contributed by atoms with Crippen LogP contribution in [0.4, 0.5) is 0 Å². The van der Waals surface area contributed by atoms with Crippen LogP contribution in [0, 0.1) is 11.8 Å². The van der Waals surface area contributed by atoms with Crippen molar-refractivity contribution in [2.75, 3.05) is 7.11 Å². The summed E-state index contributed by atoms with van der Waals surface area (Å²) in [6, 6.07) is 23.9. The van der Waals surface area contributed by atoms with Crippen LogP contribution in [0.2, 0.25) is 0 Å². The molecule has 0 aliphatic heterocycles. The number of aryl methyl sites for hydroxylation is 1. The summed E-state index contributed by atoms with van der Waals surface area (Å²) in [4.78, 5) is 9.80. The van der Waals surface area contributed by atoms with Gasteiger partial charge in [-0.05, 0) is 48.4 Å². The smallest absolute Gasteiger partial charge is 0.140 e. The molecule has 0 saturated carbocycles. The molecule has 2 heterocycles. The average molecular weight is 389 g/mol. The van der Waals surface area contributed by atoms with Gasteiger partial charge >= 0.3 is 0 Å². The Morgan fingerprint density at radius 3 is 2.27 bits per heavy atom. The van der Waals surface area contributed by atoms with Crippen LogP contribution in [-0.2, 0) is 7.05 Å². The first-order chi connectivity index (χ1) is 14.7. The number of hydrogen-bond acceptors (Lipinski definition) is 3. The third-order valence-electron chi connectivity index (χ3n) is 5.14. The highest BCUT2D eigenvalue weighted by Gasteiger charge is 2.15. The van der Waals surface area contributed by atoms with Crippen LogP contribution >= 0.6 is 0 Å². The third-order valence-corrected chi connectivity index (χ3v) is 5.14. The minimum atomic E-state index is 0.667. The fourth-order valence-electron chi connectivity index (χ4n) is 3.61. The predicted molar refractivity (Wildman–Crippen MR) is 120 cm³/mol. The number of benzene rings is 3. The molecule has 0 atom stereocenters. The SMILES string of the molecule is COc1ccc(C#Cc2nc3ccccc3nc2-c2cn(C)c3ccccc23)cc1. The van der Waals surface area contributed by atoms with Gasteiger partial charge in [-0.1, -0.05) is 36.3 Å². The van der Waals surface area contributed by atoms with E-state index in [-0.39, 0.29) is 0 Å². The second-order valence-electron chi connectivity index (χ2n) is 7.06. The Balaban J connectivity index is 1.72. The lowest BCUT2D eigenvalue weighted by molar-refractivity contribution is 0.415. The molecular formula is C26H19N3O. The molecule has 0 aliphatic carbocycles. The summed E-state index contributed by atoms with van der Waals surface area (Å²) < 4.78 is 7.34. The maximum atomic E-state index is 5.23. The molecule has 0 radical (unpaired) electrons. The molecule has 0 aliphatic rings. The minimum absolute atomic E-state index is 0.667. The Morgan fingerprint density at radius 1 is 0.800 bits per heavy atom. The van der Waals surface area contributed by atoms with Gasteiger partial charge in [0.2, 0.25) is 0 Å². The van der Waals surface area contributed by atoms with Gasteiger partial charge in [-0.25, -0.2) is 9.97 Å². The lowest BCUT2D eigenvalue weighted by atomic mass is 10.1. The Morgan fingerprint density at radius 2 is 1.50 bits per heavy atom. The quantitative estimate of drug-likeness (QED) is 0.390. The Labute approximate surface area is 174 Å². The maximum absolute atomic E-state index is 5.23. The van der Waals surface area contributed by atoms with Gasteiger partial charge in [-0.15, -0.1) is 0 Å². The fourth-order valence-corrected chi connectivity index (χ4v) is 3.61. The number of methoxy groups -OCH3 is 1. The number of para-hydroxylation sites is 3. The predicted octanol–water partition coefficient (Wildman–Crippen LogP) is 5.20. The molecule has 0 spiro atoms. The van der Waals surface area contributed by atoms with E-state index in [0.717, 1.165) is 44.5 Å². The number of fused-ring (bicyclic) bond motifs is 2. The molecule has 4 nitrogen and oxygen atoms in total. The summed E-state index contributed by atoms with van der Waals surface area (Å²) >= 11 is 0. The van der Waals surface area contributed by atoms with Crippen LogP contribution in [-0.4, -0.2) is 21.6 Å². The van der Waals surface area contributed by atoms with Crippen molar-refractivity contribution in [2.24, 2.45) is 7.05 Å². The van der Waals surface area contributed by atoms with Gasteiger partial charge in [0.25, 0.3) is 0 Å². The second kappa shape index (κ2) is 7.38. The first-order valence-corrected chi connectivity index (χ1v) is 9.70. The van der Waals surface area contributed by atoms with Crippen LogP contribution in [0.15, 0.2) is 79.0 Å². The van der Waals surface area contributed by atoms with Gasteiger partial charge in [0.15, 0.2) is 0 Å². The van der Waals surface area contributed by atoms with E-state index >= 15 is 0 Å². The second-order valence-corrected chi connectivity index (χ2v) is 7.06. The topological polar surface area (TPSA) is 39.9 Å². The first-order valence-electron chi connectivity index (χ1n) is 9.70. The molecule has 5 aromatic rings. The summed E-state index contributed by atoms with van der Waals surface area (Å²) in [7, 11) is 3.70. The molecule has 0 amide bonds. The highest BCUT2D eigenvalue weighted by atomic mass is 16.5. The fraction of sp³-hybridized carbons (Fsp3) is 0.0769. The summed E-state index contributed by atoms with van der Waals surface area (Å²) in [5, 5.41) is 1.14. The van der Waals surface area contributed by atoms with E-state index in [1.54, 1.807) is 7.11 Å². The Bertz CT molecular complexity index is 1440. The molecule has 5 rings (SSSR count). The molecule has 0 N–H and O–H groups in total. The van der Waals surface area contributed by atoms with Crippen molar-refractivity contribution >= 4 is 21.9 Å². The van der Waals surface area contributed by atoms with Crippen LogP contribution in [0.3, 0.4) is 0 Å². The van der Waals surface area contributed by atoms with E-state index < -0.39 is 0 Å². The normalized spacial score (nSPS) is 10.7. The van der Waals surface area contributed by atoms with Gasteiger partial charge in [0.1, 0.15) is 17.1 Å². The summed E-state index contributed by atoms with van der Waals surface area (Å²) in [5.74, 6) is 7.29. The molecule has 144 valence electrons. The average Bonchev–Trinajstić information content (AvgIpc) is 3.14. The van der Waals surface area contributed by atoms with Gasteiger partial charge in [-0.3, -0.25) is 0 Å². The lowest BCUT2D eigenvalue weighted by Crippen LogP contribution is -1.95. The third kappa shape index (κ3) is 3.17. The Kier molecular flexibility index (Phi) is 4.42. The zero-order valence-electron chi connectivity index (χ0n) is 16.8. The van der Waals surface area contributed by atoms with Crippen molar-refractivity contribution < 1.29 is 4.74 Å². The standard InChI is InChI=1S/C26H19N3O/c1-29-17-21(20-7-3-6-10-25(20)29)26-24(27-22-8-4-5-9-23(22)28-26)16-13-18-11-14-19(30-2)15-12-18/h3-12,14-15,17H,1-2H3. The monoisotopic (exact) mass is 389 g/mol. The molecule has 0 fully saturated rings. The van der Waals surface area contributed by atoms with Gasteiger partial charge in [0, 0.05) is 35.3 Å². The van der Waals surface area contributed by atoms with E-state index in [0.29, 0.717) is 5.69 Å². The zero-order valence-corrected chi connectivity index (χ0v) is 16.8. The molecule has 2 aromatic heterocycles. The summed E-state index contributed by atoms with van der Waals surface area (Å²) in [6.45, 7) is 0. The number of aromatic nitrogens is 3. The van der Waals surface area contributed by atoms with E-state index in [1.807, 2.05) is 67.7 Å². The van der Waals surface area contributed by atoms with E-state index in [2.05, 4.69) is 34.7 Å². The highest BCUT2D eigenvalue weighted by molar-refractivity contribution is 5.97. The molecule has 3 aromatic carbocycles.